The van der Waals surface area contributed by atoms with Crippen LogP contribution in [0.3, 0.4) is 0 Å². The summed E-state index contributed by atoms with van der Waals surface area (Å²) in [5, 5.41) is 45.9. The van der Waals surface area contributed by atoms with Gasteiger partial charge in [0.2, 0.25) is 23.6 Å². The van der Waals surface area contributed by atoms with Gasteiger partial charge < -0.3 is 62.6 Å². The third-order valence-electron chi connectivity index (χ3n) is 6.22. The van der Waals surface area contributed by atoms with E-state index in [9.17, 15) is 48.6 Å². The fourth-order valence-electron chi connectivity index (χ4n) is 3.57. The van der Waals surface area contributed by atoms with E-state index in [1.165, 1.54) is 14.2 Å². The predicted molar refractivity (Wildman–Crippen MR) is 171 cm³/mol. The van der Waals surface area contributed by atoms with Gasteiger partial charge in [-0.15, -0.1) is 0 Å². The molecule has 0 aromatic carbocycles. The lowest BCUT2D eigenvalue weighted by Gasteiger charge is -2.22. The number of ether oxygens (including phenoxy) is 2. The molecule has 0 unspecified atom stereocenters. The summed E-state index contributed by atoms with van der Waals surface area (Å²) < 4.78 is 9.61. The molecule has 0 aromatic heterocycles. The van der Waals surface area contributed by atoms with E-state index in [-0.39, 0.29) is 63.2 Å². The van der Waals surface area contributed by atoms with E-state index < -0.39 is 83.8 Å². The van der Waals surface area contributed by atoms with Crippen molar-refractivity contribution in [1.29, 1.82) is 0 Å². The number of nitrogens with two attached hydrogens (primary N) is 2. The van der Waals surface area contributed by atoms with E-state index in [4.69, 9.17) is 31.2 Å². The predicted octanol–water partition coefficient (Wildman–Crippen LogP) is -3.07. The zero-order chi connectivity index (χ0) is 36.8. The van der Waals surface area contributed by atoms with Crippen LogP contribution in [-0.2, 0) is 47.8 Å². The van der Waals surface area contributed by atoms with Crippen LogP contribution in [0.15, 0.2) is 0 Å². The van der Waals surface area contributed by atoms with Crippen molar-refractivity contribution in [1.82, 2.24) is 21.3 Å². The van der Waals surface area contributed by atoms with Crippen LogP contribution in [0.2, 0.25) is 0 Å². The van der Waals surface area contributed by atoms with Gasteiger partial charge in [0.25, 0.3) is 0 Å². The van der Waals surface area contributed by atoms with Crippen molar-refractivity contribution < 1.29 is 68.3 Å². The number of aliphatic carboxylic acids is 4. The third kappa shape index (κ3) is 19.2. The van der Waals surface area contributed by atoms with Gasteiger partial charge in [0.05, 0.1) is 13.2 Å². The molecule has 12 N–H and O–H groups in total. The highest BCUT2D eigenvalue weighted by atomic mass is 33.1. The molecule has 0 fully saturated rings. The van der Waals surface area contributed by atoms with Crippen molar-refractivity contribution in [3.05, 3.63) is 0 Å². The lowest BCUT2D eigenvalue weighted by Crippen LogP contribution is -2.54. The van der Waals surface area contributed by atoms with Gasteiger partial charge >= 0.3 is 23.9 Å². The Kier molecular flexibility index (Phi) is 22.6. The summed E-state index contributed by atoms with van der Waals surface area (Å²) in [5.74, 6) is -8.71. The number of carboxylic acid groups (broad SMARTS) is 4. The Balaban J connectivity index is 5.62. The molecule has 0 saturated carbocycles. The molecule has 6 atom stereocenters. The average Bonchev–Trinajstić information content (AvgIpc) is 3.00. The minimum atomic E-state index is -1.45. The normalized spacial score (nSPS) is 14.7. The zero-order valence-corrected chi connectivity index (χ0v) is 28.0. The van der Waals surface area contributed by atoms with E-state index in [0.717, 1.165) is 21.6 Å². The highest BCUT2D eigenvalue weighted by Gasteiger charge is 2.29. The van der Waals surface area contributed by atoms with Gasteiger partial charge in [-0.3, -0.25) is 28.8 Å². The van der Waals surface area contributed by atoms with Gasteiger partial charge in [0.1, 0.15) is 24.2 Å². The Morgan fingerprint density at radius 1 is 0.562 bits per heavy atom. The number of hydrogen-bond donors (Lipinski definition) is 10. The van der Waals surface area contributed by atoms with Crippen LogP contribution >= 0.6 is 21.6 Å². The molecule has 0 radical (unpaired) electrons. The Morgan fingerprint density at radius 3 is 1.17 bits per heavy atom. The van der Waals surface area contributed by atoms with E-state index in [1.807, 2.05) is 0 Å². The first-order chi connectivity index (χ1) is 22.5. The molecule has 0 spiro atoms. The van der Waals surface area contributed by atoms with E-state index in [2.05, 4.69) is 21.3 Å². The SMILES string of the molecule is COC[C@@H](NC(=O)[C@H](CSSC[C@H](NC(=O)CCC[C@H](N)C(=O)O)C(=O)N[C@H](COC)C(=O)O)NC(=O)CCC[C@H](N)C(=O)O)C(=O)O. The topological polar surface area (TPSA) is 336 Å². The van der Waals surface area contributed by atoms with Crippen molar-refractivity contribution in [3.63, 3.8) is 0 Å². The molecule has 274 valence electrons. The first-order valence-corrected chi connectivity index (χ1v) is 16.9. The van der Waals surface area contributed by atoms with Crippen LogP contribution in [0.1, 0.15) is 38.5 Å². The van der Waals surface area contributed by atoms with Crippen LogP contribution in [0, 0.1) is 0 Å². The summed E-state index contributed by atoms with van der Waals surface area (Å²) in [7, 11) is 4.36. The molecule has 0 aromatic rings. The summed E-state index contributed by atoms with van der Waals surface area (Å²) in [5.41, 5.74) is 10.9. The Morgan fingerprint density at radius 2 is 0.896 bits per heavy atom. The largest absolute Gasteiger partial charge is 0.480 e. The molecular formula is C26H44N6O14S2. The van der Waals surface area contributed by atoms with Crippen LogP contribution < -0.4 is 32.7 Å². The Hall–Kier alpha value is -3.70. The minimum Gasteiger partial charge on any atom is -0.480 e. The number of carbonyl (C=O) groups is 8. The van der Waals surface area contributed by atoms with Gasteiger partial charge in [-0.1, -0.05) is 21.6 Å². The van der Waals surface area contributed by atoms with E-state index in [0.29, 0.717) is 0 Å². The molecule has 0 aliphatic carbocycles. The summed E-state index contributed by atoms with van der Waals surface area (Å²) in [6.07, 6.45) is -0.268. The fourth-order valence-corrected chi connectivity index (χ4v) is 5.90. The Labute approximate surface area is 283 Å². The lowest BCUT2D eigenvalue weighted by molar-refractivity contribution is -0.144. The molecule has 0 saturated heterocycles. The van der Waals surface area contributed by atoms with Crippen LogP contribution in [-0.4, -0.2) is 143 Å². The van der Waals surface area contributed by atoms with Gasteiger partial charge in [-0.25, -0.2) is 9.59 Å². The summed E-state index contributed by atoms with van der Waals surface area (Å²) in [6.45, 7) is -0.758. The summed E-state index contributed by atoms with van der Waals surface area (Å²) in [4.78, 5) is 95.8. The van der Waals surface area contributed by atoms with Crippen molar-refractivity contribution >= 4 is 69.1 Å². The maximum absolute atomic E-state index is 13.0. The molecule has 0 heterocycles. The Bertz CT molecular complexity index is 1030. The van der Waals surface area contributed by atoms with Gasteiger partial charge in [0.15, 0.2) is 12.1 Å². The summed E-state index contributed by atoms with van der Waals surface area (Å²) in [6, 6.07) is -7.89. The third-order valence-corrected chi connectivity index (χ3v) is 8.65. The molecular weight excluding hydrogens is 684 g/mol. The molecule has 0 aliphatic rings. The van der Waals surface area contributed by atoms with Crippen molar-refractivity contribution in [2.45, 2.75) is 74.8 Å². The number of nitrogens with one attached hydrogen (secondary N) is 4. The first kappa shape index (κ1) is 44.3. The van der Waals surface area contributed by atoms with Gasteiger partial charge in [0, 0.05) is 38.6 Å². The second-order valence-electron chi connectivity index (χ2n) is 10.2. The minimum absolute atomic E-state index is 0.0200. The summed E-state index contributed by atoms with van der Waals surface area (Å²) >= 11 is 0. The van der Waals surface area contributed by atoms with Crippen LogP contribution in [0.4, 0.5) is 0 Å². The van der Waals surface area contributed by atoms with Crippen molar-refractivity contribution in [3.8, 4) is 0 Å². The molecule has 0 aliphatic heterocycles. The number of carbonyl (C=O) groups excluding carboxylic acids is 4. The quantitative estimate of drug-likeness (QED) is 0.0296. The second kappa shape index (κ2) is 24.4. The molecule has 0 rings (SSSR count). The first-order valence-electron chi connectivity index (χ1n) is 14.4. The fraction of sp³-hybridized carbons (Fsp3) is 0.692. The number of hydrogen-bond acceptors (Lipinski definition) is 14. The van der Waals surface area contributed by atoms with E-state index >= 15 is 0 Å². The maximum atomic E-state index is 13.0. The smallest absolute Gasteiger partial charge is 0.328 e. The molecule has 22 heteroatoms. The number of amides is 4. The average molecular weight is 729 g/mol. The molecule has 20 nitrogen and oxygen atoms in total. The van der Waals surface area contributed by atoms with Crippen LogP contribution in [0.25, 0.3) is 0 Å². The number of methoxy groups -OCH3 is 2. The van der Waals surface area contributed by atoms with Crippen LogP contribution in [0.5, 0.6) is 0 Å². The highest BCUT2D eigenvalue weighted by molar-refractivity contribution is 8.76. The van der Waals surface area contributed by atoms with Gasteiger partial charge in [-0.05, 0) is 25.7 Å². The highest BCUT2D eigenvalue weighted by Crippen LogP contribution is 2.23. The van der Waals surface area contributed by atoms with Gasteiger partial charge in [-0.2, -0.15) is 0 Å². The number of rotatable bonds is 27. The molecule has 48 heavy (non-hydrogen) atoms. The lowest BCUT2D eigenvalue weighted by atomic mass is 10.1. The van der Waals surface area contributed by atoms with Crippen molar-refractivity contribution in [2.75, 3.05) is 38.9 Å². The molecule has 0 bridgehead atoms. The maximum Gasteiger partial charge on any atom is 0.328 e. The number of carboxylic acids is 4. The second-order valence-corrected chi connectivity index (χ2v) is 12.7. The van der Waals surface area contributed by atoms with E-state index in [1.54, 1.807) is 0 Å². The van der Waals surface area contributed by atoms with Crippen molar-refractivity contribution in [2.24, 2.45) is 11.5 Å². The monoisotopic (exact) mass is 728 g/mol. The standard InChI is InChI=1S/C26H44N6O14S2/c1-45-9-15(25(41)42)31-21(35)17(29-19(33)7-3-5-13(27)23(37)38)11-47-48-12-18(22(36)32-16(10-46-2)26(43)44)30-20(34)8-4-6-14(28)24(39)40/h13-18H,3-12,27-28H2,1-2H3,(H,29,33)(H,30,34)(H,31,35)(H,32,36)(H,37,38)(H,39,40)(H,41,42)(H,43,44)/t13-,14-,15+,16+,17-,18-/m0/s1. The molecule has 4 amide bonds. The zero-order valence-electron chi connectivity index (χ0n) is 26.4.